The molecule has 0 saturated carbocycles. The van der Waals surface area contributed by atoms with Gasteiger partial charge in [0.15, 0.2) is 0 Å². The lowest BCUT2D eigenvalue weighted by atomic mass is 10.1. The minimum Gasteiger partial charge on any atom is -0.292 e. The van der Waals surface area contributed by atoms with Crippen LogP contribution >= 0.6 is 0 Å². The van der Waals surface area contributed by atoms with E-state index in [-0.39, 0.29) is 0 Å². The van der Waals surface area contributed by atoms with Crippen LogP contribution in [-0.2, 0) is 0 Å². The second-order valence-corrected chi connectivity index (χ2v) is 2.60. The molecule has 0 aromatic carbocycles. The molecule has 0 spiro atoms. The summed E-state index contributed by atoms with van der Waals surface area (Å²) in [5.41, 5.74) is 3.86. The number of nitrogens with one attached hydrogen (secondary N) is 1. The number of rotatable bonds is 5. The SMILES string of the molecule is CC/C=C\C(=CNO)C(C)=NCC. The van der Waals surface area contributed by atoms with Crippen molar-refractivity contribution in [2.75, 3.05) is 6.54 Å². The number of hydrogen-bond acceptors (Lipinski definition) is 3. The van der Waals surface area contributed by atoms with Crippen LogP contribution in [0.2, 0.25) is 0 Å². The highest BCUT2D eigenvalue weighted by atomic mass is 16.5. The Labute approximate surface area is 79.8 Å². The van der Waals surface area contributed by atoms with E-state index in [0.29, 0.717) is 0 Å². The van der Waals surface area contributed by atoms with Crippen LogP contribution in [0.5, 0.6) is 0 Å². The summed E-state index contributed by atoms with van der Waals surface area (Å²) >= 11 is 0. The molecule has 0 saturated heterocycles. The molecule has 13 heavy (non-hydrogen) atoms. The third-order valence-corrected chi connectivity index (χ3v) is 1.57. The van der Waals surface area contributed by atoms with Gasteiger partial charge < -0.3 is 0 Å². The van der Waals surface area contributed by atoms with Crippen LogP contribution in [0.1, 0.15) is 27.2 Å². The molecule has 3 heteroatoms. The first-order valence-electron chi connectivity index (χ1n) is 4.54. The molecule has 74 valence electrons. The van der Waals surface area contributed by atoms with E-state index in [1.54, 1.807) is 0 Å². The highest BCUT2D eigenvalue weighted by Gasteiger charge is 1.95. The third kappa shape index (κ3) is 5.20. The number of hydrogen-bond donors (Lipinski definition) is 2. The predicted octanol–water partition coefficient (Wildman–Crippen LogP) is 2.30. The molecule has 2 N–H and O–H groups in total. The first-order valence-corrected chi connectivity index (χ1v) is 4.54. The van der Waals surface area contributed by atoms with E-state index in [1.807, 2.05) is 31.5 Å². The van der Waals surface area contributed by atoms with Gasteiger partial charge in [0.2, 0.25) is 0 Å². The zero-order valence-corrected chi connectivity index (χ0v) is 8.54. The van der Waals surface area contributed by atoms with Crippen molar-refractivity contribution in [3.63, 3.8) is 0 Å². The highest BCUT2D eigenvalue weighted by molar-refractivity contribution is 6.00. The van der Waals surface area contributed by atoms with Crippen molar-refractivity contribution in [3.05, 3.63) is 23.9 Å². The third-order valence-electron chi connectivity index (χ3n) is 1.57. The summed E-state index contributed by atoms with van der Waals surface area (Å²) in [5.74, 6) is 0. The lowest BCUT2D eigenvalue weighted by Crippen LogP contribution is -2.03. The van der Waals surface area contributed by atoms with Crippen molar-refractivity contribution in [2.24, 2.45) is 4.99 Å². The summed E-state index contributed by atoms with van der Waals surface area (Å²) < 4.78 is 0. The molecule has 0 unspecified atom stereocenters. The lowest BCUT2D eigenvalue weighted by molar-refractivity contribution is 0.214. The van der Waals surface area contributed by atoms with Crippen molar-refractivity contribution in [2.45, 2.75) is 27.2 Å². The van der Waals surface area contributed by atoms with Crippen LogP contribution in [0.25, 0.3) is 0 Å². The molecule has 0 radical (unpaired) electrons. The molecule has 0 aromatic rings. The fourth-order valence-corrected chi connectivity index (χ4v) is 0.916. The Morgan fingerprint density at radius 3 is 2.62 bits per heavy atom. The maximum absolute atomic E-state index is 8.54. The van der Waals surface area contributed by atoms with Gasteiger partial charge in [-0.2, -0.15) is 0 Å². The van der Waals surface area contributed by atoms with Crippen molar-refractivity contribution >= 4 is 5.71 Å². The normalized spacial score (nSPS) is 13.8. The van der Waals surface area contributed by atoms with Crippen LogP contribution in [0.15, 0.2) is 28.9 Å². The standard InChI is InChI=1S/C10H18N2O/c1-4-6-7-10(8-12-13)9(3)11-5-2/h6-8,12-13H,4-5H2,1-3H3/b7-6-,10-8?,11-9?. The van der Waals surface area contributed by atoms with E-state index in [0.717, 1.165) is 24.3 Å². The second-order valence-electron chi connectivity index (χ2n) is 2.60. The average Bonchev–Trinajstić information content (AvgIpc) is 2.12. The Morgan fingerprint density at radius 1 is 1.46 bits per heavy atom. The molecule has 3 nitrogen and oxygen atoms in total. The van der Waals surface area contributed by atoms with Gasteiger partial charge in [-0.05, 0) is 20.3 Å². The van der Waals surface area contributed by atoms with Gasteiger partial charge in [-0.3, -0.25) is 15.7 Å². The molecular formula is C10H18N2O. The van der Waals surface area contributed by atoms with E-state index in [9.17, 15) is 0 Å². The second kappa shape index (κ2) is 7.55. The maximum atomic E-state index is 8.54. The van der Waals surface area contributed by atoms with Gasteiger partial charge in [-0.25, -0.2) is 0 Å². The minimum atomic E-state index is 0.758. The topological polar surface area (TPSA) is 44.6 Å². The van der Waals surface area contributed by atoms with Crippen LogP contribution in [-0.4, -0.2) is 17.5 Å². The molecule has 0 aliphatic rings. The number of nitrogens with zero attached hydrogens (tertiary/aromatic N) is 1. The van der Waals surface area contributed by atoms with Crippen LogP contribution in [0.4, 0.5) is 0 Å². The number of hydroxylamine groups is 1. The van der Waals surface area contributed by atoms with Crippen molar-refractivity contribution < 1.29 is 5.21 Å². The summed E-state index contributed by atoms with van der Waals surface area (Å²) in [6, 6.07) is 0. The maximum Gasteiger partial charge on any atom is 0.0404 e. The quantitative estimate of drug-likeness (QED) is 0.389. The van der Waals surface area contributed by atoms with E-state index in [1.165, 1.54) is 6.20 Å². The average molecular weight is 182 g/mol. The molecule has 0 rings (SSSR count). The van der Waals surface area contributed by atoms with E-state index >= 15 is 0 Å². The minimum absolute atomic E-state index is 0.758. The molecule has 0 heterocycles. The zero-order chi connectivity index (χ0) is 10.1. The summed E-state index contributed by atoms with van der Waals surface area (Å²) in [7, 11) is 0. The highest BCUT2D eigenvalue weighted by Crippen LogP contribution is 2.00. The fourth-order valence-electron chi connectivity index (χ4n) is 0.916. The largest absolute Gasteiger partial charge is 0.292 e. The molecule has 0 amide bonds. The van der Waals surface area contributed by atoms with Crippen molar-refractivity contribution in [1.82, 2.24) is 5.48 Å². The first-order chi connectivity index (χ1) is 6.26. The van der Waals surface area contributed by atoms with Gasteiger partial charge in [0.05, 0.1) is 0 Å². The fraction of sp³-hybridized carbons (Fsp3) is 0.500. The smallest absolute Gasteiger partial charge is 0.0404 e. The van der Waals surface area contributed by atoms with Gasteiger partial charge >= 0.3 is 0 Å². The monoisotopic (exact) mass is 182 g/mol. The Kier molecular flexibility index (Phi) is 6.92. The first kappa shape index (κ1) is 11.9. The Hall–Kier alpha value is -1.09. The molecule has 0 fully saturated rings. The van der Waals surface area contributed by atoms with E-state index in [4.69, 9.17) is 5.21 Å². The molecule has 0 bridgehead atoms. The Morgan fingerprint density at radius 2 is 2.15 bits per heavy atom. The summed E-state index contributed by atoms with van der Waals surface area (Å²) in [5, 5.41) is 8.54. The van der Waals surface area contributed by atoms with Crippen molar-refractivity contribution in [3.8, 4) is 0 Å². The Bertz CT molecular complexity index is 217. The van der Waals surface area contributed by atoms with E-state index in [2.05, 4.69) is 11.9 Å². The van der Waals surface area contributed by atoms with Gasteiger partial charge in [0.25, 0.3) is 0 Å². The number of allylic oxidation sites excluding steroid dienone is 3. The van der Waals surface area contributed by atoms with Gasteiger partial charge in [0.1, 0.15) is 0 Å². The van der Waals surface area contributed by atoms with Gasteiger partial charge in [0, 0.05) is 24.0 Å². The van der Waals surface area contributed by atoms with Crippen molar-refractivity contribution in [1.29, 1.82) is 0 Å². The molecule has 0 atom stereocenters. The van der Waals surface area contributed by atoms with E-state index < -0.39 is 0 Å². The van der Waals surface area contributed by atoms with Crippen LogP contribution in [0.3, 0.4) is 0 Å². The summed E-state index contributed by atoms with van der Waals surface area (Å²) in [6.45, 7) is 6.73. The van der Waals surface area contributed by atoms with Crippen LogP contribution < -0.4 is 5.48 Å². The zero-order valence-electron chi connectivity index (χ0n) is 8.54. The molecule has 0 aliphatic carbocycles. The lowest BCUT2D eigenvalue weighted by Gasteiger charge is -2.00. The van der Waals surface area contributed by atoms with Crippen LogP contribution in [0, 0.1) is 0 Å². The molecule has 0 aromatic heterocycles. The van der Waals surface area contributed by atoms with Gasteiger partial charge in [-0.1, -0.05) is 19.1 Å². The Balaban J connectivity index is 4.51. The summed E-state index contributed by atoms with van der Waals surface area (Å²) in [6.07, 6.45) is 6.47. The molecule has 0 aliphatic heterocycles. The van der Waals surface area contributed by atoms with Gasteiger partial charge in [-0.15, -0.1) is 0 Å². The number of aliphatic imine (C=N–C) groups is 1. The predicted molar refractivity (Wildman–Crippen MR) is 56.1 cm³/mol. The molecular weight excluding hydrogens is 164 g/mol. The summed E-state index contributed by atoms with van der Waals surface area (Å²) in [4.78, 5) is 4.24.